The molecule has 15 heavy (non-hydrogen) atoms. The van der Waals surface area contributed by atoms with Gasteiger partial charge < -0.3 is 15.8 Å². The zero-order chi connectivity index (χ0) is 11.7. The van der Waals surface area contributed by atoms with Crippen molar-refractivity contribution >= 4 is 5.91 Å². The summed E-state index contributed by atoms with van der Waals surface area (Å²) in [6, 6.07) is 0.0964. The van der Waals surface area contributed by atoms with Crippen molar-refractivity contribution in [2.75, 3.05) is 19.8 Å². The summed E-state index contributed by atoms with van der Waals surface area (Å²) in [6.45, 7) is 7.79. The molecule has 0 heterocycles. The minimum Gasteiger partial charge on any atom is -0.381 e. The van der Waals surface area contributed by atoms with E-state index in [4.69, 9.17) is 10.5 Å². The third kappa shape index (κ3) is 8.39. The molecule has 0 radical (unpaired) electrons. The number of ether oxygens (including phenoxy) is 1. The summed E-state index contributed by atoms with van der Waals surface area (Å²) in [6.07, 6.45) is 1.35. The van der Waals surface area contributed by atoms with Crippen molar-refractivity contribution in [1.29, 1.82) is 0 Å². The van der Waals surface area contributed by atoms with E-state index in [2.05, 4.69) is 19.2 Å². The van der Waals surface area contributed by atoms with Crippen LogP contribution in [-0.4, -0.2) is 31.7 Å². The van der Waals surface area contributed by atoms with Gasteiger partial charge in [0.25, 0.3) is 0 Å². The predicted molar refractivity (Wildman–Crippen MR) is 61.6 cm³/mol. The molecule has 0 bridgehead atoms. The molecule has 0 saturated carbocycles. The number of nitrogens with two attached hydrogens (primary N) is 1. The first-order valence-corrected chi connectivity index (χ1v) is 5.67. The Bertz CT molecular complexity index is 172. The second-order valence-electron chi connectivity index (χ2n) is 4.08. The average Bonchev–Trinajstić information content (AvgIpc) is 2.16. The van der Waals surface area contributed by atoms with Gasteiger partial charge in [0.1, 0.15) is 0 Å². The standard InChI is InChI=1S/C11H24N2O2/c1-4-15-6-5-11(14)13-10(8-12)7-9(2)3/h9-10H,4-8,12H2,1-3H3,(H,13,14). The molecule has 1 unspecified atom stereocenters. The van der Waals surface area contributed by atoms with Crippen molar-refractivity contribution in [3.63, 3.8) is 0 Å². The van der Waals surface area contributed by atoms with Crippen LogP contribution < -0.4 is 11.1 Å². The van der Waals surface area contributed by atoms with Crippen LogP contribution in [0.15, 0.2) is 0 Å². The van der Waals surface area contributed by atoms with E-state index in [0.29, 0.717) is 32.1 Å². The SMILES string of the molecule is CCOCCC(=O)NC(CN)CC(C)C. The van der Waals surface area contributed by atoms with Crippen molar-refractivity contribution in [3.8, 4) is 0 Å². The van der Waals surface area contributed by atoms with E-state index in [1.807, 2.05) is 6.92 Å². The number of rotatable bonds is 8. The second kappa shape index (κ2) is 8.68. The first kappa shape index (κ1) is 14.4. The highest BCUT2D eigenvalue weighted by molar-refractivity contribution is 5.76. The van der Waals surface area contributed by atoms with Crippen LogP contribution in [0.3, 0.4) is 0 Å². The van der Waals surface area contributed by atoms with Gasteiger partial charge in [-0.05, 0) is 19.3 Å². The van der Waals surface area contributed by atoms with Crippen LogP contribution in [-0.2, 0) is 9.53 Å². The molecule has 0 aliphatic carbocycles. The molecule has 3 N–H and O–H groups in total. The highest BCUT2D eigenvalue weighted by Gasteiger charge is 2.11. The average molecular weight is 216 g/mol. The highest BCUT2D eigenvalue weighted by Crippen LogP contribution is 2.03. The van der Waals surface area contributed by atoms with Crippen molar-refractivity contribution in [2.24, 2.45) is 11.7 Å². The number of amides is 1. The van der Waals surface area contributed by atoms with Crippen molar-refractivity contribution < 1.29 is 9.53 Å². The quantitative estimate of drug-likeness (QED) is 0.593. The lowest BCUT2D eigenvalue weighted by Gasteiger charge is -2.18. The largest absolute Gasteiger partial charge is 0.381 e. The Morgan fingerprint density at radius 2 is 2.13 bits per heavy atom. The molecule has 1 atom stereocenters. The Morgan fingerprint density at radius 1 is 1.47 bits per heavy atom. The maximum absolute atomic E-state index is 11.4. The molecule has 4 nitrogen and oxygen atoms in total. The van der Waals surface area contributed by atoms with Crippen LogP contribution in [0.1, 0.15) is 33.6 Å². The molecular formula is C11H24N2O2. The Morgan fingerprint density at radius 3 is 2.60 bits per heavy atom. The summed E-state index contributed by atoms with van der Waals surface area (Å²) in [5.74, 6) is 0.574. The number of carbonyl (C=O) groups is 1. The van der Waals surface area contributed by atoms with Crippen LogP contribution in [0, 0.1) is 5.92 Å². The molecule has 0 aliphatic rings. The molecule has 0 spiro atoms. The molecule has 4 heteroatoms. The molecular weight excluding hydrogens is 192 g/mol. The number of hydrogen-bond donors (Lipinski definition) is 2. The van der Waals surface area contributed by atoms with E-state index in [1.54, 1.807) is 0 Å². The number of carbonyl (C=O) groups excluding carboxylic acids is 1. The van der Waals surface area contributed by atoms with Crippen molar-refractivity contribution in [3.05, 3.63) is 0 Å². The lowest BCUT2D eigenvalue weighted by atomic mass is 10.0. The van der Waals surface area contributed by atoms with E-state index in [1.165, 1.54) is 0 Å². The normalized spacial score (nSPS) is 12.9. The molecule has 0 aliphatic heterocycles. The van der Waals surface area contributed by atoms with Gasteiger partial charge >= 0.3 is 0 Å². The topological polar surface area (TPSA) is 64.3 Å². The second-order valence-corrected chi connectivity index (χ2v) is 4.08. The van der Waals surface area contributed by atoms with E-state index >= 15 is 0 Å². The van der Waals surface area contributed by atoms with Gasteiger partial charge in [-0.1, -0.05) is 13.8 Å². The Labute approximate surface area is 92.6 Å². The van der Waals surface area contributed by atoms with Gasteiger partial charge in [-0.15, -0.1) is 0 Å². The molecule has 0 aromatic carbocycles. The summed E-state index contributed by atoms with van der Waals surface area (Å²) in [4.78, 5) is 11.4. The lowest BCUT2D eigenvalue weighted by Crippen LogP contribution is -2.41. The fourth-order valence-electron chi connectivity index (χ4n) is 1.39. The molecule has 1 amide bonds. The van der Waals surface area contributed by atoms with E-state index in [9.17, 15) is 4.79 Å². The summed E-state index contributed by atoms with van der Waals surface area (Å²) in [5.41, 5.74) is 5.58. The Balaban J connectivity index is 3.70. The summed E-state index contributed by atoms with van der Waals surface area (Å²) in [7, 11) is 0. The first-order valence-electron chi connectivity index (χ1n) is 5.67. The summed E-state index contributed by atoms with van der Waals surface area (Å²) in [5, 5.41) is 2.91. The maximum Gasteiger partial charge on any atom is 0.222 e. The lowest BCUT2D eigenvalue weighted by molar-refractivity contribution is -0.122. The molecule has 0 rings (SSSR count). The maximum atomic E-state index is 11.4. The number of nitrogens with one attached hydrogen (secondary N) is 1. The monoisotopic (exact) mass is 216 g/mol. The van der Waals surface area contributed by atoms with Crippen LogP contribution >= 0.6 is 0 Å². The fraction of sp³-hybridized carbons (Fsp3) is 0.909. The molecule has 0 fully saturated rings. The van der Waals surface area contributed by atoms with Gasteiger partial charge in [0, 0.05) is 25.6 Å². The van der Waals surface area contributed by atoms with Gasteiger partial charge in [0.2, 0.25) is 5.91 Å². The summed E-state index contributed by atoms with van der Waals surface area (Å²) >= 11 is 0. The van der Waals surface area contributed by atoms with Crippen LogP contribution in [0.25, 0.3) is 0 Å². The van der Waals surface area contributed by atoms with E-state index in [-0.39, 0.29) is 11.9 Å². The molecule has 0 aromatic rings. The highest BCUT2D eigenvalue weighted by atomic mass is 16.5. The van der Waals surface area contributed by atoms with Crippen LogP contribution in [0.2, 0.25) is 0 Å². The van der Waals surface area contributed by atoms with Gasteiger partial charge in [-0.2, -0.15) is 0 Å². The van der Waals surface area contributed by atoms with Gasteiger partial charge in [-0.3, -0.25) is 4.79 Å². The summed E-state index contributed by atoms with van der Waals surface area (Å²) < 4.78 is 5.11. The fourth-order valence-corrected chi connectivity index (χ4v) is 1.39. The third-order valence-electron chi connectivity index (χ3n) is 2.08. The third-order valence-corrected chi connectivity index (χ3v) is 2.08. The van der Waals surface area contributed by atoms with Crippen molar-refractivity contribution in [1.82, 2.24) is 5.32 Å². The predicted octanol–water partition coefficient (Wildman–Crippen LogP) is 0.903. The Hall–Kier alpha value is -0.610. The molecule has 0 aromatic heterocycles. The first-order chi connectivity index (χ1) is 7.10. The van der Waals surface area contributed by atoms with Crippen molar-refractivity contribution in [2.45, 2.75) is 39.7 Å². The van der Waals surface area contributed by atoms with Gasteiger partial charge in [0.05, 0.1) is 6.61 Å². The molecule has 90 valence electrons. The van der Waals surface area contributed by atoms with Gasteiger partial charge in [0.15, 0.2) is 0 Å². The van der Waals surface area contributed by atoms with E-state index in [0.717, 1.165) is 6.42 Å². The van der Waals surface area contributed by atoms with Crippen LogP contribution in [0.5, 0.6) is 0 Å². The van der Waals surface area contributed by atoms with Crippen LogP contribution in [0.4, 0.5) is 0 Å². The zero-order valence-corrected chi connectivity index (χ0v) is 10.1. The number of hydrogen-bond acceptors (Lipinski definition) is 3. The zero-order valence-electron chi connectivity index (χ0n) is 10.1. The smallest absolute Gasteiger partial charge is 0.222 e. The minimum absolute atomic E-state index is 0.0274. The van der Waals surface area contributed by atoms with Gasteiger partial charge in [-0.25, -0.2) is 0 Å². The minimum atomic E-state index is 0.0274. The molecule has 0 saturated heterocycles. The van der Waals surface area contributed by atoms with E-state index < -0.39 is 0 Å². The Kier molecular flexibility index (Phi) is 8.33.